The Labute approximate surface area is 119 Å². The first kappa shape index (κ1) is 13.2. The van der Waals surface area contributed by atoms with Crippen LogP contribution in [-0.4, -0.2) is 24.4 Å². The zero-order valence-corrected chi connectivity index (χ0v) is 11.5. The number of hydrogen-bond acceptors (Lipinski definition) is 2. The Bertz CT molecular complexity index is 494. The Balaban J connectivity index is 1.82. The molecule has 1 saturated carbocycles. The first-order valence-electron chi connectivity index (χ1n) is 7.41. The lowest BCUT2D eigenvalue weighted by molar-refractivity contribution is -0.132. The first-order valence-corrected chi connectivity index (χ1v) is 7.41. The van der Waals surface area contributed by atoms with Gasteiger partial charge in [-0.25, -0.2) is 0 Å². The van der Waals surface area contributed by atoms with Crippen LogP contribution in [0.2, 0.25) is 0 Å². The number of nitrogens with one attached hydrogen (secondary N) is 1. The van der Waals surface area contributed by atoms with Crippen molar-refractivity contribution in [2.24, 2.45) is 5.92 Å². The topological polar surface area (TPSA) is 49.4 Å². The third-order valence-corrected chi connectivity index (χ3v) is 4.34. The molecule has 20 heavy (non-hydrogen) atoms. The molecular formula is C16H20N2O2. The molecule has 4 nitrogen and oxygen atoms in total. The van der Waals surface area contributed by atoms with Crippen molar-refractivity contribution in [3.8, 4) is 0 Å². The van der Waals surface area contributed by atoms with E-state index in [1.807, 2.05) is 30.3 Å². The molecule has 0 radical (unpaired) electrons. The summed E-state index contributed by atoms with van der Waals surface area (Å²) in [5.74, 6) is 0.290. The molecule has 0 spiro atoms. The number of carbonyl (C=O) groups is 2. The van der Waals surface area contributed by atoms with Crippen LogP contribution in [0.25, 0.3) is 0 Å². The summed E-state index contributed by atoms with van der Waals surface area (Å²) in [5.41, 5.74) is 0.813. The van der Waals surface area contributed by atoms with Crippen LogP contribution in [0.3, 0.4) is 0 Å². The quantitative estimate of drug-likeness (QED) is 0.896. The highest BCUT2D eigenvalue weighted by molar-refractivity contribution is 6.06. The molecule has 1 aliphatic carbocycles. The van der Waals surface area contributed by atoms with E-state index in [4.69, 9.17) is 0 Å². The van der Waals surface area contributed by atoms with Gasteiger partial charge in [-0.15, -0.1) is 0 Å². The van der Waals surface area contributed by atoms with Crippen molar-refractivity contribution in [3.05, 3.63) is 30.3 Å². The maximum absolute atomic E-state index is 12.7. The number of rotatable bonds is 2. The largest absolute Gasteiger partial charge is 0.342 e. The van der Waals surface area contributed by atoms with Gasteiger partial charge in [0.05, 0.1) is 0 Å². The average Bonchev–Trinajstić information content (AvgIpc) is 2.51. The average molecular weight is 272 g/mol. The van der Waals surface area contributed by atoms with E-state index >= 15 is 0 Å². The van der Waals surface area contributed by atoms with Crippen molar-refractivity contribution in [2.45, 2.75) is 38.1 Å². The van der Waals surface area contributed by atoms with Gasteiger partial charge in [-0.1, -0.05) is 37.5 Å². The fraction of sp³-hybridized carbons (Fsp3) is 0.500. The zero-order chi connectivity index (χ0) is 13.9. The lowest BCUT2D eigenvalue weighted by Crippen LogP contribution is -2.61. The Morgan fingerprint density at radius 2 is 1.70 bits per heavy atom. The van der Waals surface area contributed by atoms with Crippen molar-refractivity contribution >= 4 is 17.5 Å². The summed E-state index contributed by atoms with van der Waals surface area (Å²) in [6.45, 7) is 0.131. The zero-order valence-electron chi connectivity index (χ0n) is 11.5. The lowest BCUT2D eigenvalue weighted by atomic mass is 9.82. The molecule has 1 atom stereocenters. The van der Waals surface area contributed by atoms with E-state index in [1.165, 1.54) is 6.42 Å². The van der Waals surface area contributed by atoms with E-state index in [1.54, 1.807) is 4.90 Å². The monoisotopic (exact) mass is 272 g/mol. The van der Waals surface area contributed by atoms with Crippen molar-refractivity contribution in [2.75, 3.05) is 11.4 Å². The van der Waals surface area contributed by atoms with E-state index in [2.05, 4.69) is 5.32 Å². The number of piperazine rings is 1. The summed E-state index contributed by atoms with van der Waals surface area (Å²) in [6.07, 6.45) is 5.65. The summed E-state index contributed by atoms with van der Waals surface area (Å²) in [7, 11) is 0. The van der Waals surface area contributed by atoms with E-state index in [0.29, 0.717) is 5.92 Å². The molecule has 2 amide bonds. The maximum Gasteiger partial charge on any atom is 0.250 e. The van der Waals surface area contributed by atoms with Gasteiger partial charge in [0, 0.05) is 5.69 Å². The number of amides is 2. The third kappa shape index (κ3) is 2.55. The number of benzene rings is 1. The van der Waals surface area contributed by atoms with Crippen LogP contribution in [-0.2, 0) is 9.59 Å². The number of nitrogens with zero attached hydrogens (tertiary/aromatic N) is 1. The molecule has 2 fully saturated rings. The third-order valence-electron chi connectivity index (χ3n) is 4.34. The minimum Gasteiger partial charge on any atom is -0.342 e. The minimum absolute atomic E-state index is 0.0442. The van der Waals surface area contributed by atoms with Crippen LogP contribution in [0.5, 0.6) is 0 Å². The van der Waals surface area contributed by atoms with Gasteiger partial charge < -0.3 is 10.2 Å². The van der Waals surface area contributed by atoms with Gasteiger partial charge in [-0.3, -0.25) is 9.59 Å². The molecule has 106 valence electrons. The van der Waals surface area contributed by atoms with Crippen molar-refractivity contribution in [1.29, 1.82) is 0 Å². The minimum atomic E-state index is -0.336. The number of carbonyl (C=O) groups excluding carboxylic acids is 2. The molecular weight excluding hydrogens is 252 g/mol. The number of hydrogen-bond donors (Lipinski definition) is 1. The SMILES string of the molecule is O=C1CN(c2ccccc2)C(=O)C(C2CCCCC2)N1. The molecule has 0 bridgehead atoms. The predicted molar refractivity (Wildman–Crippen MR) is 77.3 cm³/mol. The Morgan fingerprint density at radius 1 is 1.00 bits per heavy atom. The van der Waals surface area contributed by atoms with Crippen LogP contribution in [0, 0.1) is 5.92 Å². The van der Waals surface area contributed by atoms with E-state index in [0.717, 1.165) is 31.4 Å². The summed E-state index contributed by atoms with van der Waals surface area (Å²) >= 11 is 0. The molecule has 4 heteroatoms. The summed E-state index contributed by atoms with van der Waals surface area (Å²) in [6, 6.07) is 9.13. The van der Waals surface area contributed by atoms with Crippen LogP contribution in [0.1, 0.15) is 32.1 Å². The van der Waals surface area contributed by atoms with Gasteiger partial charge in [0.2, 0.25) is 11.8 Å². The molecule has 0 aromatic heterocycles. The van der Waals surface area contributed by atoms with Crippen molar-refractivity contribution in [1.82, 2.24) is 5.32 Å². The smallest absolute Gasteiger partial charge is 0.250 e. The molecule has 1 unspecified atom stereocenters. The molecule has 1 aromatic rings. The highest BCUT2D eigenvalue weighted by Gasteiger charge is 2.38. The standard InChI is InChI=1S/C16H20N2O2/c19-14-11-18(13-9-5-2-6-10-13)16(20)15(17-14)12-7-3-1-4-8-12/h2,5-6,9-10,12,15H,1,3-4,7-8,11H2,(H,17,19). The Morgan fingerprint density at radius 3 is 2.40 bits per heavy atom. The fourth-order valence-electron chi connectivity index (χ4n) is 3.28. The summed E-state index contributed by atoms with van der Waals surface area (Å²) in [4.78, 5) is 26.2. The molecule has 2 aliphatic rings. The maximum atomic E-state index is 12.7. The predicted octanol–water partition coefficient (Wildman–Crippen LogP) is 2.10. The molecule has 3 rings (SSSR count). The molecule has 1 N–H and O–H groups in total. The molecule has 1 aromatic carbocycles. The van der Waals surface area contributed by atoms with Gasteiger partial charge in [0.25, 0.3) is 0 Å². The van der Waals surface area contributed by atoms with E-state index in [-0.39, 0.29) is 24.4 Å². The van der Waals surface area contributed by atoms with Gasteiger partial charge in [-0.2, -0.15) is 0 Å². The Kier molecular flexibility index (Phi) is 3.72. The first-order chi connectivity index (χ1) is 9.75. The van der Waals surface area contributed by atoms with Crippen LogP contribution >= 0.6 is 0 Å². The van der Waals surface area contributed by atoms with Gasteiger partial charge in [0.15, 0.2) is 0 Å². The number of para-hydroxylation sites is 1. The van der Waals surface area contributed by atoms with Crippen LogP contribution in [0.15, 0.2) is 30.3 Å². The summed E-state index contributed by atoms with van der Waals surface area (Å²) in [5, 5.41) is 2.91. The van der Waals surface area contributed by atoms with Crippen molar-refractivity contribution < 1.29 is 9.59 Å². The van der Waals surface area contributed by atoms with E-state index < -0.39 is 0 Å². The van der Waals surface area contributed by atoms with Crippen molar-refractivity contribution in [3.63, 3.8) is 0 Å². The molecule has 1 heterocycles. The lowest BCUT2D eigenvalue weighted by Gasteiger charge is -2.37. The van der Waals surface area contributed by atoms with Gasteiger partial charge in [-0.05, 0) is 30.9 Å². The fourth-order valence-corrected chi connectivity index (χ4v) is 3.28. The normalized spacial score (nSPS) is 24.6. The highest BCUT2D eigenvalue weighted by Crippen LogP contribution is 2.29. The Hall–Kier alpha value is -1.84. The second-order valence-electron chi connectivity index (χ2n) is 5.70. The number of anilines is 1. The van der Waals surface area contributed by atoms with E-state index in [9.17, 15) is 9.59 Å². The second-order valence-corrected chi connectivity index (χ2v) is 5.70. The molecule has 1 aliphatic heterocycles. The second kappa shape index (κ2) is 5.65. The van der Waals surface area contributed by atoms with Gasteiger partial charge in [0.1, 0.15) is 12.6 Å². The van der Waals surface area contributed by atoms with Crippen LogP contribution < -0.4 is 10.2 Å². The highest BCUT2D eigenvalue weighted by atomic mass is 16.2. The van der Waals surface area contributed by atoms with Gasteiger partial charge >= 0.3 is 0 Å². The van der Waals surface area contributed by atoms with Crippen LogP contribution in [0.4, 0.5) is 5.69 Å². The molecule has 1 saturated heterocycles. The summed E-state index contributed by atoms with van der Waals surface area (Å²) < 4.78 is 0.